The van der Waals surface area contributed by atoms with Crippen LogP contribution in [-0.4, -0.2) is 121 Å². The minimum atomic E-state index is -0.314. The van der Waals surface area contributed by atoms with Crippen molar-refractivity contribution in [2.24, 2.45) is 0 Å². The highest BCUT2D eigenvalue weighted by Crippen LogP contribution is 2.12. The fourth-order valence-corrected chi connectivity index (χ4v) is 7.01. The van der Waals surface area contributed by atoms with Crippen molar-refractivity contribution < 1.29 is 24.0 Å². The molecular weight excluding hydrogens is 711 g/mol. The first-order chi connectivity index (χ1) is 27.0. The zero-order valence-electron chi connectivity index (χ0n) is 36.6. The molecule has 0 aliphatic carbocycles. The maximum Gasteiger partial charge on any atom is 0.222 e. The molecule has 9 N–H and O–H groups in total. The van der Waals surface area contributed by atoms with Crippen molar-refractivity contribution in [1.29, 1.82) is 0 Å². The predicted molar refractivity (Wildman–Crippen MR) is 230 cm³/mol. The standard InChI is InChI=1S/C42H85N9O5/c1-8-9-10-21-37(50-40(54)29-34(46-6)19-11-15-24-43-3)31-39(53)48-27-18-14-22-36(28-33(2)52)49-42(56)32-38(23-13-17-26-45-5)51-41(55)30-35(47-7)20-12-16-25-44-4/h34-38,43-47H,8-32H2,1-7H3,(H,48,53)(H,49,56)(H,50,54)(H,51,55). The van der Waals surface area contributed by atoms with Gasteiger partial charge in [0, 0.05) is 68.9 Å². The molecule has 14 nitrogen and oxygen atoms in total. The summed E-state index contributed by atoms with van der Waals surface area (Å²) >= 11 is 0. The van der Waals surface area contributed by atoms with Gasteiger partial charge in [-0.05, 0) is 126 Å². The van der Waals surface area contributed by atoms with Crippen molar-refractivity contribution in [3.63, 3.8) is 0 Å². The van der Waals surface area contributed by atoms with Gasteiger partial charge < -0.3 is 47.9 Å². The molecule has 0 saturated heterocycles. The average molecular weight is 796 g/mol. The Kier molecular flexibility index (Phi) is 34.9. The van der Waals surface area contributed by atoms with Crippen LogP contribution in [0.15, 0.2) is 0 Å². The van der Waals surface area contributed by atoms with Crippen molar-refractivity contribution >= 4 is 29.4 Å². The van der Waals surface area contributed by atoms with Gasteiger partial charge in [0.1, 0.15) is 5.78 Å². The van der Waals surface area contributed by atoms with Gasteiger partial charge in [0.15, 0.2) is 0 Å². The van der Waals surface area contributed by atoms with Crippen LogP contribution in [0.3, 0.4) is 0 Å². The number of carbonyl (C=O) groups excluding carboxylic acids is 5. The Bertz CT molecular complexity index is 1030. The third kappa shape index (κ3) is 31.4. The molecule has 0 spiro atoms. The summed E-state index contributed by atoms with van der Waals surface area (Å²) in [5.74, 6) is -0.349. The fraction of sp³-hybridized carbons (Fsp3) is 0.881. The smallest absolute Gasteiger partial charge is 0.222 e. The van der Waals surface area contributed by atoms with Crippen LogP contribution in [0.1, 0.15) is 149 Å². The zero-order chi connectivity index (χ0) is 41.8. The number of carbonyl (C=O) groups is 5. The van der Waals surface area contributed by atoms with Crippen LogP contribution in [0.5, 0.6) is 0 Å². The molecule has 0 rings (SSSR count). The van der Waals surface area contributed by atoms with Crippen molar-refractivity contribution in [1.82, 2.24) is 47.9 Å². The highest BCUT2D eigenvalue weighted by Gasteiger charge is 2.22. The number of nitrogens with one attached hydrogen (secondary N) is 9. The molecule has 56 heavy (non-hydrogen) atoms. The van der Waals surface area contributed by atoms with E-state index < -0.39 is 0 Å². The Morgan fingerprint density at radius 1 is 0.393 bits per heavy atom. The van der Waals surface area contributed by atoms with E-state index in [2.05, 4.69) is 54.8 Å². The number of rotatable bonds is 39. The number of ketones is 1. The highest BCUT2D eigenvalue weighted by molar-refractivity contribution is 5.82. The quantitative estimate of drug-likeness (QED) is 0.0418. The Morgan fingerprint density at radius 2 is 0.714 bits per heavy atom. The second-order valence-electron chi connectivity index (χ2n) is 15.6. The number of hydrogen-bond acceptors (Lipinski definition) is 10. The van der Waals surface area contributed by atoms with Crippen LogP contribution in [0.2, 0.25) is 0 Å². The first kappa shape index (κ1) is 53.4. The van der Waals surface area contributed by atoms with E-state index >= 15 is 0 Å². The highest BCUT2D eigenvalue weighted by atomic mass is 16.2. The average Bonchev–Trinajstić information content (AvgIpc) is 3.15. The van der Waals surface area contributed by atoms with Gasteiger partial charge >= 0.3 is 0 Å². The normalized spacial score (nSPS) is 14.0. The van der Waals surface area contributed by atoms with Crippen LogP contribution in [-0.2, 0) is 24.0 Å². The fourth-order valence-electron chi connectivity index (χ4n) is 7.01. The van der Waals surface area contributed by atoms with Crippen LogP contribution in [0.4, 0.5) is 0 Å². The number of amides is 4. The summed E-state index contributed by atoms with van der Waals surface area (Å²) in [7, 11) is 9.56. The number of hydrogen-bond donors (Lipinski definition) is 9. The number of unbranched alkanes of at least 4 members (excludes halogenated alkanes) is 6. The molecule has 0 bridgehead atoms. The van der Waals surface area contributed by atoms with E-state index in [1.165, 1.54) is 6.92 Å². The molecule has 5 atom stereocenters. The van der Waals surface area contributed by atoms with Gasteiger partial charge in [0.25, 0.3) is 0 Å². The molecule has 0 fully saturated rings. The molecule has 0 aromatic carbocycles. The maximum absolute atomic E-state index is 13.3. The molecule has 4 amide bonds. The lowest BCUT2D eigenvalue weighted by Gasteiger charge is -2.23. The van der Waals surface area contributed by atoms with E-state index in [0.717, 1.165) is 103 Å². The summed E-state index contributed by atoms with van der Waals surface area (Å²) in [5, 5.41) is 28.3. The van der Waals surface area contributed by atoms with Gasteiger partial charge in [-0.2, -0.15) is 0 Å². The van der Waals surface area contributed by atoms with Crippen LogP contribution >= 0.6 is 0 Å². The Morgan fingerprint density at radius 3 is 1.07 bits per heavy atom. The third-order valence-electron chi connectivity index (χ3n) is 10.3. The van der Waals surface area contributed by atoms with E-state index in [1.54, 1.807) is 0 Å². The van der Waals surface area contributed by atoms with Gasteiger partial charge in [0.05, 0.1) is 0 Å². The molecule has 0 aromatic rings. The summed E-state index contributed by atoms with van der Waals surface area (Å²) in [6, 6.07) is -0.628. The molecule has 0 saturated carbocycles. The van der Waals surface area contributed by atoms with Gasteiger partial charge in [-0.1, -0.05) is 45.4 Å². The lowest BCUT2D eigenvalue weighted by atomic mass is 10.0. The van der Waals surface area contributed by atoms with E-state index in [0.29, 0.717) is 38.6 Å². The van der Waals surface area contributed by atoms with Gasteiger partial charge in [-0.15, -0.1) is 0 Å². The van der Waals surface area contributed by atoms with Crippen LogP contribution in [0, 0.1) is 0 Å². The summed E-state index contributed by atoms with van der Waals surface area (Å²) in [4.78, 5) is 64.4. The second kappa shape index (κ2) is 36.7. The van der Waals surface area contributed by atoms with Crippen molar-refractivity contribution in [3.8, 4) is 0 Å². The monoisotopic (exact) mass is 796 g/mol. The Balaban J connectivity index is 5.05. The Hall–Kier alpha value is -2.65. The number of Topliss-reactive ketones (excluding diaryl/α,β-unsaturated/α-hetero) is 1. The van der Waals surface area contributed by atoms with Gasteiger partial charge in [-0.3, -0.25) is 24.0 Å². The lowest BCUT2D eigenvalue weighted by molar-refractivity contribution is -0.126. The van der Waals surface area contributed by atoms with Crippen LogP contribution in [0.25, 0.3) is 0 Å². The third-order valence-corrected chi connectivity index (χ3v) is 10.3. The van der Waals surface area contributed by atoms with Crippen molar-refractivity contribution in [2.45, 2.75) is 179 Å². The summed E-state index contributed by atoms with van der Waals surface area (Å²) < 4.78 is 0. The maximum atomic E-state index is 13.3. The molecule has 0 aliphatic rings. The van der Waals surface area contributed by atoms with Gasteiger partial charge in [0.2, 0.25) is 23.6 Å². The largest absolute Gasteiger partial charge is 0.356 e. The topological polar surface area (TPSA) is 194 Å². The lowest BCUT2D eigenvalue weighted by Crippen LogP contribution is -2.44. The van der Waals surface area contributed by atoms with Crippen LogP contribution < -0.4 is 47.9 Å². The Labute approximate surface area is 340 Å². The zero-order valence-corrected chi connectivity index (χ0v) is 36.6. The summed E-state index contributed by atoms with van der Waals surface area (Å²) in [5.41, 5.74) is 0. The molecule has 0 radical (unpaired) electrons. The van der Waals surface area contributed by atoms with Gasteiger partial charge in [-0.25, -0.2) is 0 Å². The predicted octanol–water partition coefficient (Wildman–Crippen LogP) is 3.19. The SMILES string of the molecule is CCCCCC(CC(=O)NCCCCC(CC(C)=O)NC(=O)CC(CCCCNC)NC(=O)CC(CCCCNC)NC)NC(=O)CC(CCCCNC)NC. The molecule has 14 heteroatoms. The minimum Gasteiger partial charge on any atom is -0.356 e. The van der Waals surface area contributed by atoms with Crippen molar-refractivity contribution in [3.05, 3.63) is 0 Å². The van der Waals surface area contributed by atoms with Crippen molar-refractivity contribution in [2.75, 3.05) is 61.4 Å². The van der Waals surface area contributed by atoms with E-state index in [9.17, 15) is 24.0 Å². The molecule has 0 heterocycles. The molecular formula is C42H85N9O5. The van der Waals surface area contributed by atoms with E-state index in [4.69, 9.17) is 0 Å². The summed E-state index contributed by atoms with van der Waals surface area (Å²) in [6.07, 6.45) is 15.8. The first-order valence-electron chi connectivity index (χ1n) is 21.9. The van der Waals surface area contributed by atoms with E-state index in [1.807, 2.05) is 35.2 Å². The second-order valence-corrected chi connectivity index (χ2v) is 15.6. The molecule has 0 aliphatic heterocycles. The minimum absolute atomic E-state index is 0.000611. The molecule has 0 aromatic heterocycles. The summed E-state index contributed by atoms with van der Waals surface area (Å²) in [6.45, 7) is 6.93. The van der Waals surface area contributed by atoms with E-state index in [-0.39, 0.29) is 78.9 Å². The first-order valence-corrected chi connectivity index (χ1v) is 21.9. The molecule has 5 unspecified atom stereocenters. The molecule has 328 valence electrons.